The van der Waals surface area contributed by atoms with Gasteiger partial charge in [0, 0.05) is 17.5 Å². The van der Waals surface area contributed by atoms with Crippen molar-refractivity contribution < 1.29 is 5.11 Å². The van der Waals surface area contributed by atoms with Crippen LogP contribution in [0.3, 0.4) is 0 Å². The molecule has 0 bridgehead atoms. The fourth-order valence-electron chi connectivity index (χ4n) is 3.04. The van der Waals surface area contributed by atoms with Crippen molar-refractivity contribution in [1.82, 2.24) is 0 Å². The highest BCUT2D eigenvalue weighted by Crippen LogP contribution is 2.50. The summed E-state index contributed by atoms with van der Waals surface area (Å²) >= 11 is 12.2. The molecular weight excluding hydrogens is 269 g/mol. The zero-order valence-electron chi connectivity index (χ0n) is 10.5. The molecule has 0 aliphatic heterocycles. The number of rotatable bonds is 3. The molecule has 2 rings (SSSR count). The second-order valence-electron chi connectivity index (χ2n) is 5.46. The molecule has 0 amide bonds. The van der Waals surface area contributed by atoms with Crippen LogP contribution < -0.4 is 5.73 Å². The van der Waals surface area contributed by atoms with Gasteiger partial charge in [-0.3, -0.25) is 0 Å². The lowest BCUT2D eigenvalue weighted by atomic mass is 9.77. The second-order valence-corrected chi connectivity index (χ2v) is 6.25. The minimum atomic E-state index is -0.640. The van der Waals surface area contributed by atoms with Crippen molar-refractivity contribution >= 4 is 23.2 Å². The number of hydrogen-bond acceptors (Lipinski definition) is 2. The molecule has 1 saturated carbocycles. The van der Waals surface area contributed by atoms with Crippen LogP contribution in [0.2, 0.25) is 10.0 Å². The number of aliphatic hydroxyl groups excluding tert-OH is 1. The van der Waals surface area contributed by atoms with Crippen LogP contribution in [0.15, 0.2) is 18.2 Å². The molecule has 0 spiro atoms. The van der Waals surface area contributed by atoms with Crippen molar-refractivity contribution in [2.75, 3.05) is 6.54 Å². The summed E-state index contributed by atoms with van der Waals surface area (Å²) in [6, 6.07) is 5.38. The van der Waals surface area contributed by atoms with Crippen molar-refractivity contribution in [2.24, 2.45) is 17.1 Å². The molecule has 1 aromatic rings. The first-order valence-corrected chi connectivity index (χ1v) is 7.08. The smallest absolute Gasteiger partial charge is 0.0873 e. The Bertz CT molecular complexity index is 438. The molecule has 0 heterocycles. The molecule has 1 aromatic carbocycles. The zero-order valence-corrected chi connectivity index (χ0v) is 12.0. The quantitative estimate of drug-likeness (QED) is 0.888. The van der Waals surface area contributed by atoms with Crippen LogP contribution in [-0.2, 0) is 0 Å². The summed E-state index contributed by atoms with van der Waals surface area (Å²) in [6.45, 7) is 2.67. The molecule has 0 radical (unpaired) electrons. The predicted octanol–water partition coefficient (Wildman–Crippen LogP) is 3.79. The van der Waals surface area contributed by atoms with E-state index in [0.717, 1.165) is 19.3 Å². The van der Waals surface area contributed by atoms with Crippen LogP contribution in [0.1, 0.15) is 37.9 Å². The fraction of sp³-hybridized carbons (Fsp3) is 0.571. The Balaban J connectivity index is 2.35. The van der Waals surface area contributed by atoms with Crippen molar-refractivity contribution in [3.8, 4) is 0 Å². The maximum atomic E-state index is 10.7. The molecule has 1 aliphatic rings. The first kappa shape index (κ1) is 14.1. The summed E-state index contributed by atoms with van der Waals surface area (Å²) in [7, 11) is 0. The van der Waals surface area contributed by atoms with E-state index in [1.54, 1.807) is 6.07 Å². The SMILES string of the molecule is CC1CCC(CN)(C(O)c2cccc(Cl)c2Cl)C1. The number of aliphatic hydroxyl groups is 1. The number of halogens is 2. The summed E-state index contributed by atoms with van der Waals surface area (Å²) in [4.78, 5) is 0. The molecule has 1 aliphatic carbocycles. The summed E-state index contributed by atoms with van der Waals surface area (Å²) in [5.74, 6) is 0.598. The van der Waals surface area contributed by atoms with Gasteiger partial charge in [-0.15, -0.1) is 0 Å². The van der Waals surface area contributed by atoms with Crippen LogP contribution in [0.4, 0.5) is 0 Å². The molecule has 2 nitrogen and oxygen atoms in total. The molecule has 4 heteroatoms. The topological polar surface area (TPSA) is 46.2 Å². The molecule has 3 unspecified atom stereocenters. The highest BCUT2D eigenvalue weighted by atomic mass is 35.5. The van der Waals surface area contributed by atoms with Gasteiger partial charge >= 0.3 is 0 Å². The maximum Gasteiger partial charge on any atom is 0.0873 e. The average molecular weight is 288 g/mol. The average Bonchev–Trinajstić information content (AvgIpc) is 2.75. The lowest BCUT2D eigenvalue weighted by Crippen LogP contribution is -2.34. The standard InChI is InChI=1S/C14H19Cl2NO/c1-9-5-6-14(7-9,8-17)13(18)10-3-2-4-11(15)12(10)16/h2-4,9,13,18H,5-8,17H2,1H3. The Morgan fingerprint density at radius 2 is 2.22 bits per heavy atom. The molecule has 3 atom stereocenters. The van der Waals surface area contributed by atoms with Crippen LogP contribution in [0.5, 0.6) is 0 Å². The van der Waals surface area contributed by atoms with Gasteiger partial charge in [0.2, 0.25) is 0 Å². The maximum absolute atomic E-state index is 10.7. The van der Waals surface area contributed by atoms with Crippen LogP contribution >= 0.6 is 23.2 Å². The number of nitrogens with two attached hydrogens (primary N) is 1. The first-order chi connectivity index (χ1) is 8.50. The van der Waals surface area contributed by atoms with E-state index in [4.69, 9.17) is 28.9 Å². The van der Waals surface area contributed by atoms with Crippen molar-refractivity contribution in [3.05, 3.63) is 33.8 Å². The van der Waals surface area contributed by atoms with Gasteiger partial charge in [0.1, 0.15) is 0 Å². The van der Waals surface area contributed by atoms with Gasteiger partial charge in [-0.05, 0) is 24.8 Å². The minimum Gasteiger partial charge on any atom is -0.388 e. The highest BCUT2D eigenvalue weighted by molar-refractivity contribution is 6.42. The van der Waals surface area contributed by atoms with E-state index in [1.807, 2.05) is 12.1 Å². The van der Waals surface area contributed by atoms with E-state index < -0.39 is 6.10 Å². The van der Waals surface area contributed by atoms with Gasteiger partial charge in [-0.1, -0.05) is 48.7 Å². The van der Waals surface area contributed by atoms with Gasteiger partial charge in [0.25, 0.3) is 0 Å². The van der Waals surface area contributed by atoms with Crippen molar-refractivity contribution in [2.45, 2.75) is 32.3 Å². The monoisotopic (exact) mass is 287 g/mol. The van der Waals surface area contributed by atoms with Crippen molar-refractivity contribution in [1.29, 1.82) is 0 Å². The van der Waals surface area contributed by atoms with E-state index >= 15 is 0 Å². The third-order valence-corrected chi connectivity index (χ3v) is 4.99. The molecule has 0 aromatic heterocycles. The predicted molar refractivity (Wildman–Crippen MR) is 75.9 cm³/mol. The Morgan fingerprint density at radius 1 is 1.50 bits per heavy atom. The summed E-state index contributed by atoms with van der Waals surface area (Å²) in [5.41, 5.74) is 6.36. The highest BCUT2D eigenvalue weighted by Gasteiger charge is 2.43. The first-order valence-electron chi connectivity index (χ1n) is 6.32. The third-order valence-electron chi connectivity index (χ3n) is 4.15. The van der Waals surface area contributed by atoms with Crippen LogP contribution in [-0.4, -0.2) is 11.7 Å². The summed E-state index contributed by atoms with van der Waals surface area (Å²) in [6.07, 6.45) is 2.34. The summed E-state index contributed by atoms with van der Waals surface area (Å²) in [5, 5.41) is 11.6. The van der Waals surface area contributed by atoms with Gasteiger partial charge in [-0.2, -0.15) is 0 Å². The summed E-state index contributed by atoms with van der Waals surface area (Å²) < 4.78 is 0. The number of hydrogen-bond donors (Lipinski definition) is 2. The van der Waals surface area contributed by atoms with E-state index in [2.05, 4.69) is 6.92 Å². The molecular formula is C14H19Cl2NO. The minimum absolute atomic E-state index is 0.256. The van der Waals surface area contributed by atoms with Gasteiger partial charge in [0.05, 0.1) is 16.1 Å². The van der Waals surface area contributed by atoms with Gasteiger partial charge in [0.15, 0.2) is 0 Å². The van der Waals surface area contributed by atoms with E-state index in [0.29, 0.717) is 28.1 Å². The lowest BCUT2D eigenvalue weighted by Gasteiger charge is -2.34. The fourth-order valence-corrected chi connectivity index (χ4v) is 3.45. The third kappa shape index (κ3) is 2.39. The van der Waals surface area contributed by atoms with E-state index in [1.165, 1.54) is 0 Å². The van der Waals surface area contributed by atoms with Crippen LogP contribution in [0.25, 0.3) is 0 Å². The Hall–Kier alpha value is -0.280. The zero-order chi connectivity index (χ0) is 13.3. The number of benzene rings is 1. The Morgan fingerprint density at radius 3 is 2.78 bits per heavy atom. The molecule has 3 N–H and O–H groups in total. The lowest BCUT2D eigenvalue weighted by molar-refractivity contribution is 0.0309. The molecule has 18 heavy (non-hydrogen) atoms. The van der Waals surface area contributed by atoms with Crippen molar-refractivity contribution in [3.63, 3.8) is 0 Å². The molecule has 100 valence electrons. The second kappa shape index (κ2) is 5.38. The normalized spacial score (nSPS) is 29.5. The largest absolute Gasteiger partial charge is 0.388 e. The Labute approximate surface area is 118 Å². The van der Waals surface area contributed by atoms with E-state index in [-0.39, 0.29) is 5.41 Å². The van der Waals surface area contributed by atoms with Gasteiger partial charge < -0.3 is 10.8 Å². The molecule has 1 fully saturated rings. The Kier molecular flexibility index (Phi) is 4.22. The van der Waals surface area contributed by atoms with Crippen LogP contribution in [0, 0.1) is 11.3 Å². The van der Waals surface area contributed by atoms with E-state index in [9.17, 15) is 5.11 Å². The molecule has 0 saturated heterocycles. The van der Waals surface area contributed by atoms with Gasteiger partial charge in [-0.25, -0.2) is 0 Å².